The predicted octanol–water partition coefficient (Wildman–Crippen LogP) is 4.24. The quantitative estimate of drug-likeness (QED) is 0.451. The second-order valence-electron chi connectivity index (χ2n) is 8.02. The van der Waals surface area contributed by atoms with E-state index in [9.17, 15) is 18.3 Å². The summed E-state index contributed by atoms with van der Waals surface area (Å²) in [6.07, 6.45) is -0.751. The van der Waals surface area contributed by atoms with Crippen LogP contribution in [0.4, 0.5) is 0 Å². The van der Waals surface area contributed by atoms with Gasteiger partial charge in [-0.15, -0.1) is 0 Å². The van der Waals surface area contributed by atoms with Crippen LogP contribution < -0.4 is 0 Å². The molecule has 2 atom stereocenters. The number of benzene rings is 3. The summed E-state index contributed by atoms with van der Waals surface area (Å²) in [5, 5.41) is 10.7. The molecule has 1 N–H and O–H groups in total. The van der Waals surface area contributed by atoms with Crippen LogP contribution in [0.2, 0.25) is 0 Å². The van der Waals surface area contributed by atoms with E-state index in [1.165, 1.54) is 12.1 Å². The Morgan fingerprint density at radius 2 is 1.52 bits per heavy atom. The minimum atomic E-state index is -4.00. The lowest BCUT2D eigenvalue weighted by Gasteiger charge is -2.29. The van der Waals surface area contributed by atoms with E-state index in [2.05, 4.69) is 0 Å². The molecule has 0 amide bonds. The first-order valence-corrected chi connectivity index (χ1v) is 12.2. The van der Waals surface area contributed by atoms with Crippen molar-refractivity contribution in [2.24, 2.45) is 0 Å². The van der Waals surface area contributed by atoms with E-state index in [0.29, 0.717) is 5.56 Å². The topological polar surface area (TPSA) is 83.9 Å². The highest BCUT2D eigenvalue weighted by molar-refractivity contribution is 7.89. The van der Waals surface area contributed by atoms with E-state index < -0.39 is 34.7 Å². The third kappa shape index (κ3) is 6.74. The van der Waals surface area contributed by atoms with Crippen LogP contribution in [0.3, 0.4) is 0 Å². The van der Waals surface area contributed by atoms with Crippen molar-refractivity contribution in [3.05, 3.63) is 102 Å². The maximum Gasteiger partial charge on any atom is 0.321 e. The maximum atomic E-state index is 13.4. The molecule has 0 spiro atoms. The average Bonchev–Trinajstić information content (AvgIpc) is 2.82. The van der Waals surface area contributed by atoms with Gasteiger partial charge in [-0.25, -0.2) is 8.42 Å². The van der Waals surface area contributed by atoms with Crippen molar-refractivity contribution >= 4 is 16.0 Å². The van der Waals surface area contributed by atoms with Crippen molar-refractivity contribution in [2.45, 2.75) is 43.9 Å². The lowest BCUT2D eigenvalue weighted by Crippen LogP contribution is -2.43. The van der Waals surface area contributed by atoms with Gasteiger partial charge in [0.1, 0.15) is 13.2 Å². The van der Waals surface area contributed by atoms with Crippen molar-refractivity contribution < 1.29 is 23.1 Å². The zero-order valence-corrected chi connectivity index (χ0v) is 19.6. The fraction of sp³-hybridized carbons (Fsp3) is 0.269. The van der Waals surface area contributed by atoms with Crippen LogP contribution in [0.5, 0.6) is 0 Å². The molecule has 0 aromatic heterocycles. The molecule has 0 saturated carbocycles. The molecule has 7 heteroatoms. The number of sulfonamides is 1. The number of esters is 1. The van der Waals surface area contributed by atoms with E-state index in [1.54, 1.807) is 31.2 Å². The summed E-state index contributed by atoms with van der Waals surface area (Å²) in [4.78, 5) is 12.7. The van der Waals surface area contributed by atoms with Gasteiger partial charge in [0.05, 0.1) is 11.0 Å². The van der Waals surface area contributed by atoms with Crippen LogP contribution in [-0.4, -0.2) is 36.4 Å². The summed E-state index contributed by atoms with van der Waals surface area (Å²) in [7, 11) is -4.00. The minimum Gasteiger partial charge on any atom is -0.460 e. The molecule has 0 bridgehead atoms. The second kappa shape index (κ2) is 11.2. The molecule has 174 valence electrons. The number of hydrogen-bond acceptors (Lipinski definition) is 5. The van der Waals surface area contributed by atoms with Crippen molar-refractivity contribution in [1.29, 1.82) is 0 Å². The summed E-state index contributed by atoms with van der Waals surface area (Å²) < 4.78 is 33.3. The Balaban J connectivity index is 1.80. The lowest BCUT2D eigenvalue weighted by molar-refractivity contribution is -0.145. The Bertz CT molecular complexity index is 1130. The zero-order chi connectivity index (χ0) is 23.8. The molecule has 3 aromatic rings. The van der Waals surface area contributed by atoms with Gasteiger partial charge in [-0.05, 0) is 43.5 Å². The fourth-order valence-corrected chi connectivity index (χ4v) is 5.07. The van der Waals surface area contributed by atoms with Gasteiger partial charge in [-0.3, -0.25) is 4.79 Å². The Hall–Kier alpha value is -3.00. The van der Waals surface area contributed by atoms with Gasteiger partial charge < -0.3 is 9.84 Å². The van der Waals surface area contributed by atoms with E-state index in [1.807, 2.05) is 55.5 Å². The molecule has 6 nitrogen and oxygen atoms in total. The van der Waals surface area contributed by atoms with Gasteiger partial charge in [-0.2, -0.15) is 4.31 Å². The van der Waals surface area contributed by atoms with Gasteiger partial charge in [0.15, 0.2) is 0 Å². The Labute approximate surface area is 195 Å². The van der Waals surface area contributed by atoms with Crippen LogP contribution >= 0.6 is 0 Å². The van der Waals surface area contributed by atoms with E-state index >= 15 is 0 Å². The van der Waals surface area contributed by atoms with Crippen molar-refractivity contribution in [2.75, 3.05) is 6.54 Å². The van der Waals surface area contributed by atoms with Crippen molar-refractivity contribution in [3.8, 4) is 0 Å². The number of rotatable bonds is 10. The third-order valence-corrected chi connectivity index (χ3v) is 7.37. The van der Waals surface area contributed by atoms with Crippen molar-refractivity contribution in [1.82, 2.24) is 4.31 Å². The first-order chi connectivity index (χ1) is 15.8. The first-order valence-electron chi connectivity index (χ1n) is 10.8. The third-order valence-electron chi connectivity index (χ3n) is 5.40. The summed E-state index contributed by atoms with van der Waals surface area (Å²) in [5.41, 5.74) is 2.42. The maximum absolute atomic E-state index is 13.4. The molecule has 3 aromatic carbocycles. The van der Waals surface area contributed by atoms with Gasteiger partial charge in [0.2, 0.25) is 10.0 Å². The number of carbonyl (C=O) groups is 1. The molecular formula is C26H29NO5S. The number of hydrogen-bond donors (Lipinski definition) is 1. The van der Waals surface area contributed by atoms with Crippen molar-refractivity contribution in [3.63, 3.8) is 0 Å². The van der Waals surface area contributed by atoms with Gasteiger partial charge in [0.25, 0.3) is 0 Å². The van der Waals surface area contributed by atoms with Crippen LogP contribution in [0, 0.1) is 6.92 Å². The van der Waals surface area contributed by atoms with Gasteiger partial charge in [0, 0.05) is 6.04 Å². The molecule has 0 aliphatic carbocycles. The molecule has 33 heavy (non-hydrogen) atoms. The molecule has 0 aliphatic heterocycles. The molecule has 0 heterocycles. The van der Waals surface area contributed by atoms with E-state index in [-0.39, 0.29) is 17.9 Å². The highest BCUT2D eigenvalue weighted by Crippen LogP contribution is 2.25. The molecule has 0 aliphatic rings. The molecule has 0 unspecified atom stereocenters. The van der Waals surface area contributed by atoms with E-state index in [0.717, 1.165) is 15.4 Å². The summed E-state index contributed by atoms with van der Waals surface area (Å²) in [6.45, 7) is 3.15. The smallest absolute Gasteiger partial charge is 0.321 e. The monoisotopic (exact) mass is 467 g/mol. The second-order valence-corrected chi connectivity index (χ2v) is 9.91. The van der Waals surface area contributed by atoms with Gasteiger partial charge >= 0.3 is 5.97 Å². The number of aryl methyl sites for hydroxylation is 1. The highest BCUT2D eigenvalue weighted by Gasteiger charge is 2.32. The lowest BCUT2D eigenvalue weighted by atomic mass is 10.0. The highest BCUT2D eigenvalue weighted by atomic mass is 32.2. The Morgan fingerprint density at radius 1 is 0.939 bits per heavy atom. The fourth-order valence-electron chi connectivity index (χ4n) is 3.49. The number of aliphatic hydroxyl groups excluding tert-OH is 1. The van der Waals surface area contributed by atoms with Crippen LogP contribution in [0.25, 0.3) is 0 Å². The minimum absolute atomic E-state index is 0.0547. The van der Waals surface area contributed by atoms with Crippen LogP contribution in [0.15, 0.2) is 89.8 Å². The molecule has 0 radical (unpaired) electrons. The first kappa shape index (κ1) is 24.6. The molecule has 0 saturated heterocycles. The normalized spacial score (nSPS) is 13.5. The Morgan fingerprint density at radius 3 is 2.12 bits per heavy atom. The summed E-state index contributed by atoms with van der Waals surface area (Å²) in [5.74, 6) is -0.657. The van der Waals surface area contributed by atoms with Crippen LogP contribution in [-0.2, 0) is 26.2 Å². The van der Waals surface area contributed by atoms with Crippen LogP contribution in [0.1, 0.15) is 36.1 Å². The average molecular weight is 468 g/mol. The summed E-state index contributed by atoms with van der Waals surface area (Å²) >= 11 is 0. The molecule has 3 rings (SSSR count). The van der Waals surface area contributed by atoms with Gasteiger partial charge in [-0.1, -0.05) is 78.4 Å². The Kier molecular flexibility index (Phi) is 8.38. The number of nitrogens with zero attached hydrogens (tertiary/aromatic N) is 1. The zero-order valence-electron chi connectivity index (χ0n) is 18.8. The molecular weight excluding hydrogens is 438 g/mol. The number of carbonyl (C=O) groups excluding carboxylic acids is 1. The SMILES string of the molecule is Cc1ccc(S(=O)(=O)N(CC(=O)OCc2ccccc2)[C@H](C)C[C@@H](O)c2ccccc2)cc1. The van der Waals surface area contributed by atoms with E-state index in [4.69, 9.17) is 4.74 Å². The largest absolute Gasteiger partial charge is 0.460 e. The predicted molar refractivity (Wildman–Crippen MR) is 127 cm³/mol. The molecule has 0 fully saturated rings. The number of ether oxygens (including phenoxy) is 1. The standard InChI is InChI=1S/C26H29NO5S/c1-20-13-15-24(16-14-20)33(30,31)27(18-26(29)32-19-22-9-5-3-6-10-22)21(2)17-25(28)23-11-7-4-8-12-23/h3-16,21,25,28H,17-19H2,1-2H3/t21-,25-/m1/s1. The summed E-state index contributed by atoms with van der Waals surface area (Å²) in [6, 6.07) is 24.0. The number of aliphatic hydroxyl groups is 1.